The van der Waals surface area contributed by atoms with Gasteiger partial charge in [0.05, 0.1) is 12.5 Å². The second kappa shape index (κ2) is 5.67. The molecule has 0 radical (unpaired) electrons. The number of carbonyl (C=O) groups is 1. The van der Waals surface area contributed by atoms with Crippen molar-refractivity contribution < 1.29 is 9.53 Å². The van der Waals surface area contributed by atoms with Crippen molar-refractivity contribution in [3.8, 4) is 0 Å². The first kappa shape index (κ1) is 13.2. The van der Waals surface area contributed by atoms with Crippen molar-refractivity contribution in [2.45, 2.75) is 32.3 Å². The molecule has 0 saturated carbocycles. The molecule has 2 aromatic rings. The predicted octanol–water partition coefficient (Wildman–Crippen LogP) is 2.31. The minimum atomic E-state index is 0.0574. The Kier molecular flexibility index (Phi) is 3.74. The number of nitrogens with one attached hydrogen (secondary N) is 2. The number of hydrogen-bond acceptors (Lipinski definition) is 2. The molecule has 20 heavy (non-hydrogen) atoms. The number of carbonyl (C=O) groups excluding carboxylic acids is 1. The molecule has 2 heterocycles. The summed E-state index contributed by atoms with van der Waals surface area (Å²) in [6.07, 6.45) is 4.69. The Balaban J connectivity index is 1.62. The fourth-order valence-corrected chi connectivity index (χ4v) is 2.71. The molecule has 1 aliphatic rings. The van der Waals surface area contributed by atoms with Gasteiger partial charge in [-0.1, -0.05) is 12.1 Å². The van der Waals surface area contributed by atoms with Crippen molar-refractivity contribution in [1.29, 1.82) is 0 Å². The maximum atomic E-state index is 12.0. The Labute approximate surface area is 118 Å². The molecular weight excluding hydrogens is 252 g/mol. The van der Waals surface area contributed by atoms with Gasteiger partial charge in [0, 0.05) is 30.3 Å². The molecule has 1 unspecified atom stereocenters. The first-order valence-corrected chi connectivity index (χ1v) is 7.17. The highest BCUT2D eigenvalue weighted by atomic mass is 16.5. The van der Waals surface area contributed by atoms with Gasteiger partial charge < -0.3 is 15.0 Å². The van der Waals surface area contributed by atoms with Crippen LogP contribution in [-0.4, -0.2) is 30.1 Å². The van der Waals surface area contributed by atoms with E-state index in [1.165, 1.54) is 5.56 Å². The van der Waals surface area contributed by atoms with Gasteiger partial charge in [-0.3, -0.25) is 4.79 Å². The van der Waals surface area contributed by atoms with E-state index in [-0.39, 0.29) is 12.0 Å². The molecule has 4 heteroatoms. The van der Waals surface area contributed by atoms with E-state index in [9.17, 15) is 4.79 Å². The lowest BCUT2D eigenvalue weighted by atomic mass is 10.1. The third kappa shape index (κ3) is 2.85. The molecule has 1 fully saturated rings. The maximum absolute atomic E-state index is 12.0. The Hall–Kier alpha value is -1.81. The van der Waals surface area contributed by atoms with E-state index in [0.717, 1.165) is 35.9 Å². The number of aryl methyl sites for hydroxylation is 1. The quantitative estimate of drug-likeness (QED) is 0.897. The van der Waals surface area contributed by atoms with Crippen molar-refractivity contribution in [1.82, 2.24) is 10.3 Å². The molecule has 106 valence electrons. The number of amides is 1. The van der Waals surface area contributed by atoms with E-state index in [1.807, 2.05) is 6.20 Å². The van der Waals surface area contributed by atoms with Crippen LogP contribution in [0.2, 0.25) is 0 Å². The highest BCUT2D eigenvalue weighted by molar-refractivity contribution is 5.89. The van der Waals surface area contributed by atoms with Crippen LogP contribution in [-0.2, 0) is 16.0 Å². The predicted molar refractivity (Wildman–Crippen MR) is 78.7 cm³/mol. The third-order valence-electron chi connectivity index (χ3n) is 3.82. The first-order valence-electron chi connectivity index (χ1n) is 7.17. The second-order valence-electron chi connectivity index (χ2n) is 5.48. The molecule has 1 amide bonds. The van der Waals surface area contributed by atoms with Crippen molar-refractivity contribution in [3.05, 3.63) is 35.5 Å². The molecule has 4 nitrogen and oxygen atoms in total. The van der Waals surface area contributed by atoms with E-state index in [0.29, 0.717) is 13.0 Å². The lowest BCUT2D eigenvalue weighted by Crippen LogP contribution is -2.32. The maximum Gasteiger partial charge on any atom is 0.224 e. The van der Waals surface area contributed by atoms with Crippen LogP contribution in [0.1, 0.15) is 24.0 Å². The van der Waals surface area contributed by atoms with Crippen LogP contribution < -0.4 is 5.32 Å². The number of H-pyrrole nitrogens is 1. The van der Waals surface area contributed by atoms with Gasteiger partial charge in [0.2, 0.25) is 5.91 Å². The molecule has 1 aromatic heterocycles. The Morgan fingerprint density at radius 1 is 1.50 bits per heavy atom. The number of hydrogen-bond donors (Lipinski definition) is 2. The fourth-order valence-electron chi connectivity index (χ4n) is 2.71. The minimum absolute atomic E-state index is 0.0574. The summed E-state index contributed by atoms with van der Waals surface area (Å²) in [7, 11) is 0. The fraction of sp³-hybridized carbons (Fsp3) is 0.438. The van der Waals surface area contributed by atoms with Crippen LogP contribution in [0.4, 0.5) is 0 Å². The van der Waals surface area contributed by atoms with Crippen molar-refractivity contribution in [2.24, 2.45) is 0 Å². The highest BCUT2D eigenvalue weighted by Gasteiger charge is 2.16. The van der Waals surface area contributed by atoms with Gasteiger partial charge in [0.25, 0.3) is 0 Å². The van der Waals surface area contributed by atoms with Crippen molar-refractivity contribution in [3.63, 3.8) is 0 Å². The van der Waals surface area contributed by atoms with Gasteiger partial charge >= 0.3 is 0 Å². The van der Waals surface area contributed by atoms with E-state index in [2.05, 4.69) is 35.4 Å². The van der Waals surface area contributed by atoms with Crippen LogP contribution in [0.15, 0.2) is 24.4 Å². The summed E-state index contributed by atoms with van der Waals surface area (Å²) in [5.41, 5.74) is 3.35. The molecule has 1 aromatic carbocycles. The molecule has 0 bridgehead atoms. The Morgan fingerprint density at radius 2 is 2.40 bits per heavy atom. The van der Waals surface area contributed by atoms with Gasteiger partial charge in [0.1, 0.15) is 0 Å². The number of aromatic amines is 1. The number of benzene rings is 1. The molecule has 3 rings (SSSR count). The number of aromatic nitrogens is 1. The zero-order valence-electron chi connectivity index (χ0n) is 11.7. The Bertz CT molecular complexity index is 612. The molecule has 1 atom stereocenters. The minimum Gasteiger partial charge on any atom is -0.376 e. The third-order valence-corrected chi connectivity index (χ3v) is 3.82. The number of fused-ring (bicyclic) bond motifs is 1. The molecule has 0 aliphatic carbocycles. The average molecular weight is 272 g/mol. The molecule has 1 aliphatic heterocycles. The van der Waals surface area contributed by atoms with Crippen molar-refractivity contribution in [2.75, 3.05) is 13.2 Å². The van der Waals surface area contributed by atoms with Crippen LogP contribution >= 0.6 is 0 Å². The van der Waals surface area contributed by atoms with E-state index in [1.54, 1.807) is 0 Å². The lowest BCUT2D eigenvalue weighted by Gasteiger charge is -2.10. The standard InChI is InChI=1S/C16H20N2O2/c1-11-4-5-14-12(9-17-15(14)7-11)8-16(19)18-10-13-3-2-6-20-13/h4-5,7,9,13,17H,2-3,6,8,10H2,1H3,(H,18,19). The van der Waals surface area contributed by atoms with E-state index < -0.39 is 0 Å². The number of rotatable bonds is 4. The summed E-state index contributed by atoms with van der Waals surface area (Å²) in [4.78, 5) is 15.2. The molecular formula is C16H20N2O2. The van der Waals surface area contributed by atoms with Gasteiger partial charge in [0.15, 0.2) is 0 Å². The summed E-state index contributed by atoms with van der Waals surface area (Å²) in [5, 5.41) is 4.09. The van der Waals surface area contributed by atoms with Crippen LogP contribution in [0.25, 0.3) is 10.9 Å². The summed E-state index contributed by atoms with van der Waals surface area (Å²) >= 11 is 0. The van der Waals surface area contributed by atoms with Gasteiger partial charge in [-0.05, 0) is 37.0 Å². The van der Waals surface area contributed by atoms with Gasteiger partial charge in [-0.15, -0.1) is 0 Å². The first-order chi connectivity index (χ1) is 9.72. The lowest BCUT2D eigenvalue weighted by molar-refractivity contribution is -0.120. The van der Waals surface area contributed by atoms with Crippen LogP contribution in [0, 0.1) is 6.92 Å². The van der Waals surface area contributed by atoms with Crippen LogP contribution in [0.5, 0.6) is 0 Å². The van der Waals surface area contributed by atoms with Crippen LogP contribution in [0.3, 0.4) is 0 Å². The Morgan fingerprint density at radius 3 is 3.20 bits per heavy atom. The SMILES string of the molecule is Cc1ccc2c(CC(=O)NCC3CCCO3)c[nH]c2c1. The molecule has 1 saturated heterocycles. The zero-order chi connectivity index (χ0) is 13.9. The monoisotopic (exact) mass is 272 g/mol. The summed E-state index contributed by atoms with van der Waals surface area (Å²) in [5.74, 6) is 0.0574. The topological polar surface area (TPSA) is 54.1 Å². The highest BCUT2D eigenvalue weighted by Crippen LogP contribution is 2.20. The normalized spacial score (nSPS) is 18.6. The van der Waals surface area contributed by atoms with E-state index in [4.69, 9.17) is 4.74 Å². The van der Waals surface area contributed by atoms with Gasteiger partial charge in [-0.2, -0.15) is 0 Å². The van der Waals surface area contributed by atoms with Crippen molar-refractivity contribution >= 4 is 16.8 Å². The smallest absolute Gasteiger partial charge is 0.224 e. The average Bonchev–Trinajstić information content (AvgIpc) is 3.06. The second-order valence-corrected chi connectivity index (χ2v) is 5.48. The summed E-state index contributed by atoms with van der Waals surface area (Å²) in [6.45, 7) is 3.51. The summed E-state index contributed by atoms with van der Waals surface area (Å²) < 4.78 is 5.50. The molecule has 2 N–H and O–H groups in total. The molecule has 0 spiro atoms. The van der Waals surface area contributed by atoms with E-state index >= 15 is 0 Å². The number of ether oxygens (including phenoxy) is 1. The van der Waals surface area contributed by atoms with Gasteiger partial charge in [-0.25, -0.2) is 0 Å². The zero-order valence-corrected chi connectivity index (χ0v) is 11.7. The summed E-state index contributed by atoms with van der Waals surface area (Å²) in [6, 6.07) is 6.25. The largest absolute Gasteiger partial charge is 0.376 e.